The number of hydrogen-bond donors (Lipinski definition) is 1. The summed E-state index contributed by atoms with van der Waals surface area (Å²) in [6, 6.07) is 0.694. The monoisotopic (exact) mass is 254 g/mol. The summed E-state index contributed by atoms with van der Waals surface area (Å²) in [6.45, 7) is 10.3. The maximum atomic E-state index is 5.46. The van der Waals surface area contributed by atoms with Crippen LogP contribution in [0.4, 0.5) is 0 Å². The van der Waals surface area contributed by atoms with Crippen LogP contribution in [0.3, 0.4) is 0 Å². The van der Waals surface area contributed by atoms with Crippen molar-refractivity contribution in [3.63, 3.8) is 0 Å². The van der Waals surface area contributed by atoms with Gasteiger partial charge in [-0.05, 0) is 39.0 Å². The van der Waals surface area contributed by atoms with Gasteiger partial charge < -0.3 is 10.1 Å². The number of hydrogen-bond acceptors (Lipinski definition) is 3. The number of nitrogens with one attached hydrogen (secondary N) is 1. The second-order valence-electron chi connectivity index (χ2n) is 6.49. The summed E-state index contributed by atoms with van der Waals surface area (Å²) >= 11 is 0. The average Bonchev–Trinajstić information content (AvgIpc) is 3.17. The molecule has 0 aromatic heterocycles. The normalized spacial score (nSPS) is 35.7. The van der Waals surface area contributed by atoms with Crippen molar-refractivity contribution in [2.45, 2.75) is 64.1 Å². The van der Waals surface area contributed by atoms with E-state index in [0.29, 0.717) is 17.7 Å². The molecule has 0 bridgehead atoms. The van der Waals surface area contributed by atoms with Gasteiger partial charge in [-0.1, -0.05) is 13.3 Å². The Morgan fingerprint density at radius 1 is 1.44 bits per heavy atom. The molecule has 2 fully saturated rings. The van der Waals surface area contributed by atoms with Gasteiger partial charge in [-0.3, -0.25) is 4.90 Å². The third-order valence-electron chi connectivity index (χ3n) is 4.78. The van der Waals surface area contributed by atoms with Crippen LogP contribution in [0.25, 0.3) is 0 Å². The summed E-state index contributed by atoms with van der Waals surface area (Å²) in [5, 5.41) is 3.83. The second-order valence-corrected chi connectivity index (χ2v) is 6.49. The van der Waals surface area contributed by atoms with E-state index in [2.05, 4.69) is 31.0 Å². The van der Waals surface area contributed by atoms with E-state index in [1.807, 2.05) is 7.11 Å². The minimum atomic E-state index is 0.339. The van der Waals surface area contributed by atoms with Crippen molar-refractivity contribution in [2.24, 2.45) is 5.92 Å². The van der Waals surface area contributed by atoms with Crippen molar-refractivity contribution in [1.29, 1.82) is 0 Å². The molecular formula is C15H30N2O. The molecule has 1 saturated heterocycles. The largest absolute Gasteiger partial charge is 0.380 e. The van der Waals surface area contributed by atoms with Gasteiger partial charge in [-0.15, -0.1) is 0 Å². The van der Waals surface area contributed by atoms with E-state index in [4.69, 9.17) is 4.74 Å². The Kier molecular flexibility index (Phi) is 4.68. The van der Waals surface area contributed by atoms with Gasteiger partial charge in [0.15, 0.2) is 0 Å². The quantitative estimate of drug-likeness (QED) is 0.787. The van der Waals surface area contributed by atoms with E-state index in [9.17, 15) is 0 Å². The third kappa shape index (κ3) is 3.25. The van der Waals surface area contributed by atoms with Gasteiger partial charge in [0.05, 0.1) is 6.10 Å². The Bertz CT molecular complexity index is 267. The summed E-state index contributed by atoms with van der Waals surface area (Å²) in [6.07, 6.45) is 5.73. The summed E-state index contributed by atoms with van der Waals surface area (Å²) in [7, 11) is 1.82. The van der Waals surface area contributed by atoms with Crippen LogP contribution in [0.1, 0.15) is 46.5 Å². The van der Waals surface area contributed by atoms with E-state index in [-0.39, 0.29) is 0 Å². The molecule has 18 heavy (non-hydrogen) atoms. The molecule has 3 atom stereocenters. The first-order valence-electron chi connectivity index (χ1n) is 7.61. The summed E-state index contributed by atoms with van der Waals surface area (Å²) in [5.41, 5.74) is 0.345. The Morgan fingerprint density at radius 3 is 2.72 bits per heavy atom. The van der Waals surface area contributed by atoms with Crippen molar-refractivity contribution in [2.75, 3.05) is 26.7 Å². The molecule has 0 spiro atoms. The van der Waals surface area contributed by atoms with E-state index >= 15 is 0 Å². The Balaban J connectivity index is 1.98. The number of methoxy groups -OCH3 is 1. The lowest BCUT2D eigenvalue weighted by atomic mass is 9.89. The molecule has 2 aliphatic rings. The van der Waals surface area contributed by atoms with Crippen molar-refractivity contribution in [1.82, 2.24) is 10.2 Å². The van der Waals surface area contributed by atoms with Gasteiger partial charge in [-0.25, -0.2) is 0 Å². The van der Waals surface area contributed by atoms with Crippen LogP contribution in [0.15, 0.2) is 0 Å². The van der Waals surface area contributed by atoms with Crippen LogP contribution in [0.5, 0.6) is 0 Å². The van der Waals surface area contributed by atoms with Crippen molar-refractivity contribution in [3.8, 4) is 0 Å². The van der Waals surface area contributed by atoms with Crippen LogP contribution in [-0.2, 0) is 4.74 Å². The molecule has 3 unspecified atom stereocenters. The SMILES string of the molecule is CCCC1CNC(C)(C2CC2)CN1CC(C)OC. The van der Waals surface area contributed by atoms with Crippen molar-refractivity contribution in [3.05, 3.63) is 0 Å². The Hall–Kier alpha value is -0.120. The van der Waals surface area contributed by atoms with Crippen LogP contribution in [0.2, 0.25) is 0 Å². The van der Waals surface area contributed by atoms with Gasteiger partial charge in [0, 0.05) is 38.3 Å². The number of piperazine rings is 1. The maximum Gasteiger partial charge on any atom is 0.0670 e. The molecule has 0 aromatic rings. The summed E-state index contributed by atoms with van der Waals surface area (Å²) in [4.78, 5) is 2.67. The number of ether oxygens (including phenoxy) is 1. The zero-order valence-corrected chi connectivity index (χ0v) is 12.5. The molecule has 3 heteroatoms. The fourth-order valence-electron chi connectivity index (χ4n) is 3.32. The Labute approximate surface area is 112 Å². The molecule has 1 heterocycles. The van der Waals surface area contributed by atoms with Crippen LogP contribution < -0.4 is 5.32 Å². The van der Waals surface area contributed by atoms with E-state index < -0.39 is 0 Å². The molecule has 0 radical (unpaired) electrons. The summed E-state index contributed by atoms with van der Waals surface area (Å²) < 4.78 is 5.46. The topological polar surface area (TPSA) is 24.5 Å². The van der Waals surface area contributed by atoms with Gasteiger partial charge >= 0.3 is 0 Å². The van der Waals surface area contributed by atoms with Gasteiger partial charge in [0.2, 0.25) is 0 Å². The van der Waals surface area contributed by atoms with Gasteiger partial charge in [0.1, 0.15) is 0 Å². The minimum absolute atomic E-state index is 0.339. The standard InChI is InChI=1S/C15H30N2O/c1-5-6-14-9-16-15(3,13-7-8-13)11-17(14)10-12(2)18-4/h12-14,16H,5-11H2,1-4H3. The molecule has 106 valence electrons. The van der Waals surface area contributed by atoms with Crippen LogP contribution >= 0.6 is 0 Å². The first-order chi connectivity index (χ1) is 8.59. The maximum absolute atomic E-state index is 5.46. The lowest BCUT2D eigenvalue weighted by molar-refractivity contribution is 0.0164. The van der Waals surface area contributed by atoms with Gasteiger partial charge in [0.25, 0.3) is 0 Å². The highest BCUT2D eigenvalue weighted by Gasteiger charge is 2.45. The van der Waals surface area contributed by atoms with Gasteiger partial charge in [-0.2, -0.15) is 0 Å². The predicted octanol–water partition coefficient (Wildman–Crippen LogP) is 2.26. The smallest absolute Gasteiger partial charge is 0.0670 e. The van der Waals surface area contributed by atoms with Crippen LogP contribution in [-0.4, -0.2) is 49.3 Å². The zero-order valence-electron chi connectivity index (χ0n) is 12.5. The zero-order chi connectivity index (χ0) is 13.2. The molecule has 1 saturated carbocycles. The highest BCUT2D eigenvalue weighted by molar-refractivity contribution is 5.04. The fourth-order valence-corrected chi connectivity index (χ4v) is 3.32. The molecule has 2 rings (SSSR count). The van der Waals surface area contributed by atoms with E-state index in [0.717, 1.165) is 19.0 Å². The van der Waals surface area contributed by atoms with E-state index in [1.54, 1.807) is 0 Å². The first-order valence-corrected chi connectivity index (χ1v) is 7.61. The lowest BCUT2D eigenvalue weighted by Gasteiger charge is -2.47. The fraction of sp³-hybridized carbons (Fsp3) is 1.00. The number of rotatable bonds is 6. The lowest BCUT2D eigenvalue weighted by Crippen LogP contribution is -2.64. The Morgan fingerprint density at radius 2 is 2.17 bits per heavy atom. The molecule has 0 aromatic carbocycles. The first kappa shape index (κ1) is 14.3. The molecule has 1 aliphatic heterocycles. The predicted molar refractivity (Wildman–Crippen MR) is 75.9 cm³/mol. The second kappa shape index (κ2) is 5.89. The highest BCUT2D eigenvalue weighted by Crippen LogP contribution is 2.41. The molecular weight excluding hydrogens is 224 g/mol. The van der Waals surface area contributed by atoms with E-state index in [1.165, 1.54) is 32.2 Å². The summed E-state index contributed by atoms with van der Waals surface area (Å²) in [5.74, 6) is 0.903. The minimum Gasteiger partial charge on any atom is -0.380 e. The van der Waals surface area contributed by atoms with Crippen LogP contribution in [0, 0.1) is 5.92 Å². The van der Waals surface area contributed by atoms with Crippen molar-refractivity contribution < 1.29 is 4.74 Å². The average molecular weight is 254 g/mol. The molecule has 3 nitrogen and oxygen atoms in total. The highest BCUT2D eigenvalue weighted by atomic mass is 16.5. The molecule has 0 amide bonds. The molecule has 1 aliphatic carbocycles. The number of nitrogens with zero attached hydrogens (tertiary/aromatic N) is 1. The third-order valence-corrected chi connectivity index (χ3v) is 4.78. The van der Waals surface area contributed by atoms with Crippen molar-refractivity contribution >= 4 is 0 Å². The molecule has 1 N–H and O–H groups in total.